The van der Waals surface area contributed by atoms with E-state index in [1.807, 2.05) is 0 Å². The number of aliphatic hydroxyl groups is 6. The fraction of sp³-hybridized carbons (Fsp3) is 0.723. The second kappa shape index (κ2) is 48.0. The van der Waals surface area contributed by atoms with Crippen molar-refractivity contribution < 1.29 is 155 Å². The topological polar surface area (TPSA) is 463 Å². The summed E-state index contributed by atoms with van der Waals surface area (Å²) in [5.74, 6) is -9.20. The molecule has 1 heterocycles. The van der Waals surface area contributed by atoms with E-state index in [1.54, 1.807) is 0 Å². The van der Waals surface area contributed by atoms with E-state index in [2.05, 4.69) is 33.2 Å². The predicted molar refractivity (Wildman–Crippen MR) is 256 cm³/mol. The Bertz CT molecular complexity index is 1810. The van der Waals surface area contributed by atoms with Crippen LogP contribution in [0.4, 0.5) is 0 Å². The van der Waals surface area contributed by atoms with E-state index in [9.17, 15) is 62.3 Å². The van der Waals surface area contributed by atoms with Crippen LogP contribution in [-0.2, 0) is 124 Å². The first-order valence-electron chi connectivity index (χ1n) is 23.6. The number of esters is 13. The van der Waals surface area contributed by atoms with Crippen molar-refractivity contribution in [3.63, 3.8) is 0 Å². The van der Waals surface area contributed by atoms with E-state index in [1.165, 1.54) is 48.5 Å². The van der Waals surface area contributed by atoms with Crippen LogP contribution in [0.25, 0.3) is 0 Å². The van der Waals surface area contributed by atoms with Crippen LogP contribution < -0.4 is 0 Å². The summed E-state index contributed by atoms with van der Waals surface area (Å²) >= 11 is 0. The molecular formula is C47H76O32. The lowest BCUT2D eigenvalue weighted by Gasteiger charge is -2.13. The molecule has 7 atom stereocenters. The lowest BCUT2D eigenvalue weighted by atomic mass is 10.3. The van der Waals surface area contributed by atoms with E-state index >= 15 is 0 Å². The van der Waals surface area contributed by atoms with Crippen molar-refractivity contribution in [1.29, 1.82) is 0 Å². The minimum absolute atomic E-state index is 0. The summed E-state index contributed by atoms with van der Waals surface area (Å²) in [6.45, 7) is 5.82. The van der Waals surface area contributed by atoms with Crippen LogP contribution in [0.5, 0.6) is 0 Å². The van der Waals surface area contributed by atoms with Crippen LogP contribution in [0.3, 0.4) is 0 Å². The highest BCUT2D eigenvalue weighted by Gasteiger charge is 2.20. The smallest absolute Gasteiger partial charge is 0.344 e. The summed E-state index contributed by atoms with van der Waals surface area (Å²) in [5.41, 5.74) is 0. The largest absolute Gasteiger partial charge is 0.462 e. The molecule has 0 unspecified atom stereocenters. The Morgan fingerprint density at radius 1 is 0.354 bits per heavy atom. The van der Waals surface area contributed by atoms with Gasteiger partial charge in [0.25, 0.3) is 0 Å². The van der Waals surface area contributed by atoms with Gasteiger partial charge in [-0.05, 0) is 48.5 Å². The highest BCUT2D eigenvalue weighted by molar-refractivity contribution is 5.83. The number of rotatable bonds is 32. The number of hydrogen-bond acceptors (Lipinski definition) is 32. The van der Waals surface area contributed by atoms with E-state index in [0.717, 1.165) is 0 Å². The molecule has 0 bridgehead atoms. The zero-order valence-electron chi connectivity index (χ0n) is 44.3. The van der Waals surface area contributed by atoms with Gasteiger partial charge < -0.3 is 92.2 Å². The maximum Gasteiger partial charge on any atom is 0.344 e. The van der Waals surface area contributed by atoms with E-state index < -0.39 is 147 Å². The molecule has 1 rings (SSSR count). The summed E-state index contributed by atoms with van der Waals surface area (Å²) in [6.07, 6.45) is -7.02. The minimum Gasteiger partial charge on any atom is -0.462 e. The maximum atomic E-state index is 11.6. The molecule has 1 fully saturated rings. The Balaban J connectivity index is -0.000000510. The molecule has 32 nitrogen and oxygen atoms in total. The van der Waals surface area contributed by atoms with E-state index in [-0.39, 0.29) is 105 Å². The molecule has 0 aromatic heterocycles. The van der Waals surface area contributed by atoms with Crippen molar-refractivity contribution in [2.75, 3.05) is 79.3 Å². The van der Waals surface area contributed by atoms with Gasteiger partial charge in [0.1, 0.15) is 58.5 Å². The van der Waals surface area contributed by atoms with Crippen LogP contribution in [0.1, 0.15) is 101 Å². The van der Waals surface area contributed by atoms with Crippen molar-refractivity contribution in [1.82, 2.24) is 0 Å². The molecule has 1 saturated heterocycles. The summed E-state index contributed by atoms with van der Waals surface area (Å²) < 4.78 is 60.0. The molecule has 0 aliphatic carbocycles. The number of carbonyl (C=O) groups is 13. The van der Waals surface area contributed by atoms with Gasteiger partial charge in [-0.1, -0.05) is 7.43 Å². The van der Waals surface area contributed by atoms with Crippen molar-refractivity contribution in [2.45, 2.75) is 144 Å². The molecule has 79 heavy (non-hydrogen) atoms. The lowest BCUT2D eigenvalue weighted by Crippen LogP contribution is -2.27. The molecule has 0 saturated carbocycles. The van der Waals surface area contributed by atoms with Crippen molar-refractivity contribution in [2.24, 2.45) is 0 Å². The number of ether oxygens (including phenoxy) is 13. The molecule has 0 aromatic rings. The van der Waals surface area contributed by atoms with Crippen molar-refractivity contribution in [3.8, 4) is 0 Å². The first-order valence-corrected chi connectivity index (χ1v) is 23.6. The molecule has 0 radical (unpaired) electrons. The van der Waals surface area contributed by atoms with E-state index in [0.29, 0.717) is 0 Å². The summed E-state index contributed by atoms with van der Waals surface area (Å²) in [4.78, 5) is 143. The number of cyclic esters (lactones) is 2. The summed E-state index contributed by atoms with van der Waals surface area (Å²) in [5, 5.41) is 53.0. The molecule has 1 aliphatic rings. The van der Waals surface area contributed by atoms with Crippen molar-refractivity contribution >= 4 is 77.6 Å². The Hall–Kier alpha value is -7.13. The van der Waals surface area contributed by atoms with Crippen LogP contribution in [0.15, 0.2) is 0 Å². The minimum atomic E-state index is -0.983. The molecule has 0 spiro atoms. The summed E-state index contributed by atoms with van der Waals surface area (Å²) in [6, 6.07) is 0. The first-order chi connectivity index (χ1) is 36.4. The Morgan fingerprint density at radius 3 is 0.810 bits per heavy atom. The van der Waals surface area contributed by atoms with Gasteiger partial charge in [-0.25, -0.2) is 28.8 Å². The molecule has 6 N–H and O–H groups in total. The van der Waals surface area contributed by atoms with Crippen LogP contribution >= 0.6 is 0 Å². The zero-order chi connectivity index (χ0) is 60.2. The Morgan fingerprint density at radius 2 is 0.570 bits per heavy atom. The molecule has 32 heteroatoms. The average molecular weight is 1150 g/mol. The maximum absolute atomic E-state index is 11.6. The highest BCUT2D eigenvalue weighted by Crippen LogP contribution is 2.04. The Labute approximate surface area is 454 Å². The van der Waals surface area contributed by atoms with Crippen LogP contribution in [0, 0.1) is 0 Å². The highest BCUT2D eigenvalue weighted by atomic mass is 16.6. The number of aliphatic hydroxyl groups excluding tert-OH is 6. The second-order valence-electron chi connectivity index (χ2n) is 16.1. The van der Waals surface area contributed by atoms with Gasteiger partial charge in [-0.15, -0.1) is 0 Å². The first kappa shape index (κ1) is 78.4. The third kappa shape index (κ3) is 56.9. The number of hydrogen-bond donors (Lipinski definition) is 6. The monoisotopic (exact) mass is 1150 g/mol. The third-order valence-electron chi connectivity index (χ3n) is 7.60. The van der Waals surface area contributed by atoms with Gasteiger partial charge in [-0.2, -0.15) is 0 Å². The summed E-state index contributed by atoms with van der Waals surface area (Å²) in [7, 11) is 0. The normalized spacial score (nSPS) is 13.7. The molecule has 456 valence electrons. The van der Waals surface area contributed by atoms with Gasteiger partial charge >= 0.3 is 77.6 Å². The zero-order valence-corrected chi connectivity index (χ0v) is 44.3. The van der Waals surface area contributed by atoms with Crippen LogP contribution in [-0.4, -0.2) is 230 Å². The van der Waals surface area contributed by atoms with Gasteiger partial charge in [0, 0.05) is 0 Å². The van der Waals surface area contributed by atoms with Gasteiger partial charge in [0.2, 0.25) is 0 Å². The SMILES string of the molecule is C.C[C@@H](O)CC(=O)OCCOC(=O)C[C@@H](C)O.C[C@H](CC(=O)OCCOC(=O)C[C@@H](C)O)OC(=O)COC(=O)CO.C[C@H](CC(=O)OCCOC(=O)C[C@@H](C)O)OC(=O)COC(=O)COC(=O)C[C@@H](C)O.O=C1COC(=O)CO1. The predicted octanol–water partition coefficient (Wildman–Crippen LogP) is -2.94. The molecule has 1 aliphatic heterocycles. The van der Waals surface area contributed by atoms with Gasteiger partial charge in [0.15, 0.2) is 33.0 Å². The quantitative estimate of drug-likeness (QED) is 0.0223. The molecule has 0 aromatic carbocycles. The molecule has 0 amide bonds. The van der Waals surface area contributed by atoms with E-state index in [4.69, 9.17) is 59.1 Å². The third-order valence-corrected chi connectivity index (χ3v) is 7.60. The lowest BCUT2D eigenvalue weighted by molar-refractivity contribution is -0.174. The Kier molecular flexibility index (Phi) is 47.6. The fourth-order valence-corrected chi connectivity index (χ4v) is 4.49. The second-order valence-corrected chi connectivity index (χ2v) is 16.1. The standard InChI is InChI=1S/C18H28O12.C14H22O10.C10H18O6.C4H4O4.CH4/c1-11(19)6-14(21)26-4-5-27-16(23)8-13(3)30-18(25)10-29-17(24)9-28-15(22)7-12(2)20;1-9(16)5-11(17)21-3-4-22-12(18)6-10(2)24-14(20)8-23-13(19)7-15;1-7(11)5-9(13)15-3-4-16-10(14)6-8(2)12;5-3-1-7-4(6)2-8-3;/h11-13,19-20H,4-10H2,1-3H3;9-10,15-16H,3-8H2,1-2H3;7-8,11-12H,3-6H2,1-2H3;1-2H2;1H4/t11-,12-,13-;9-,10-;7-,8-;;/m111../s1. The van der Waals surface area contributed by atoms with Crippen molar-refractivity contribution in [3.05, 3.63) is 0 Å². The van der Waals surface area contributed by atoms with Gasteiger partial charge in [0.05, 0.1) is 75.5 Å². The molecular weight excluding hydrogens is 1080 g/mol. The average Bonchev–Trinajstić information content (AvgIpc) is 3.31. The fourth-order valence-electron chi connectivity index (χ4n) is 4.49. The van der Waals surface area contributed by atoms with Crippen LogP contribution in [0.2, 0.25) is 0 Å². The number of carbonyl (C=O) groups excluding carboxylic acids is 13. The van der Waals surface area contributed by atoms with Gasteiger partial charge in [-0.3, -0.25) is 33.6 Å².